The van der Waals surface area contributed by atoms with E-state index in [0.717, 1.165) is 0 Å². The van der Waals surface area contributed by atoms with Crippen LogP contribution in [-0.4, -0.2) is 16.6 Å². The van der Waals surface area contributed by atoms with Crippen LogP contribution >= 0.6 is 11.6 Å². The molecule has 5 nitrogen and oxygen atoms in total. The van der Waals surface area contributed by atoms with Gasteiger partial charge >= 0.3 is 0 Å². The van der Waals surface area contributed by atoms with E-state index in [0.29, 0.717) is 18.1 Å². The predicted octanol–water partition coefficient (Wildman–Crippen LogP) is 0.818. The van der Waals surface area contributed by atoms with Crippen LogP contribution in [0.4, 0.5) is 5.95 Å². The van der Waals surface area contributed by atoms with E-state index in [-0.39, 0.29) is 11.8 Å². The molecule has 0 spiro atoms. The van der Waals surface area contributed by atoms with E-state index in [1.54, 1.807) is 0 Å². The molecule has 0 saturated carbocycles. The molecule has 6 heteroatoms. The van der Waals surface area contributed by atoms with Crippen molar-refractivity contribution >= 4 is 17.5 Å². The largest absolute Gasteiger partial charge is 0.475 e. The second-order valence-electron chi connectivity index (χ2n) is 2.29. The van der Waals surface area contributed by atoms with Crippen LogP contribution in [0.1, 0.15) is 6.42 Å². The third-order valence-electron chi connectivity index (χ3n) is 1.33. The smallest absolute Gasteiger partial charge is 0.240 e. The van der Waals surface area contributed by atoms with Gasteiger partial charge in [-0.05, 0) is 0 Å². The first-order chi connectivity index (χ1) is 6.77. The van der Waals surface area contributed by atoms with Gasteiger partial charge in [0.25, 0.3) is 0 Å². The Kier molecular flexibility index (Phi) is 3.98. The fourth-order valence-corrected chi connectivity index (χ4v) is 0.874. The highest BCUT2D eigenvalue weighted by atomic mass is 35.5. The minimum Gasteiger partial charge on any atom is -0.475 e. The lowest BCUT2D eigenvalue weighted by Crippen LogP contribution is -2.11. The van der Waals surface area contributed by atoms with Gasteiger partial charge in [-0.1, -0.05) is 11.6 Å². The Bertz CT molecular complexity index is 350. The molecule has 1 aromatic heterocycles. The van der Waals surface area contributed by atoms with Crippen LogP contribution < -0.4 is 16.0 Å². The second-order valence-corrected chi connectivity index (χ2v) is 2.70. The zero-order valence-corrected chi connectivity index (χ0v) is 8.08. The zero-order valence-electron chi connectivity index (χ0n) is 7.33. The molecular weight excluding hydrogens is 204 g/mol. The van der Waals surface area contributed by atoms with Crippen molar-refractivity contribution in [2.75, 3.05) is 12.0 Å². The Balaban J connectivity index is 2.69. The van der Waals surface area contributed by atoms with Gasteiger partial charge < -0.3 is 4.74 Å². The summed E-state index contributed by atoms with van der Waals surface area (Å²) in [4.78, 5) is 7.68. The van der Waals surface area contributed by atoms with Crippen molar-refractivity contribution in [3.63, 3.8) is 0 Å². The number of halogens is 1. The number of ether oxygens (including phenoxy) is 1. The van der Waals surface area contributed by atoms with Crippen LogP contribution in [-0.2, 0) is 0 Å². The molecule has 0 bridgehead atoms. The summed E-state index contributed by atoms with van der Waals surface area (Å²) in [5, 5.41) is 0.320. The number of hydrazine groups is 1. The van der Waals surface area contributed by atoms with Crippen molar-refractivity contribution in [3.8, 4) is 18.2 Å². The fraction of sp³-hybridized carbons (Fsp3) is 0.250. The monoisotopic (exact) mass is 212 g/mol. The molecule has 14 heavy (non-hydrogen) atoms. The Morgan fingerprint density at radius 1 is 1.71 bits per heavy atom. The van der Waals surface area contributed by atoms with Crippen molar-refractivity contribution in [3.05, 3.63) is 11.2 Å². The van der Waals surface area contributed by atoms with Gasteiger partial charge in [-0.25, -0.2) is 10.8 Å². The molecule has 0 aliphatic rings. The minimum atomic E-state index is 0.241. The van der Waals surface area contributed by atoms with E-state index in [2.05, 4.69) is 21.3 Å². The van der Waals surface area contributed by atoms with Crippen molar-refractivity contribution in [1.82, 2.24) is 9.97 Å². The van der Waals surface area contributed by atoms with Gasteiger partial charge in [-0.15, -0.1) is 12.3 Å². The molecule has 0 fully saturated rings. The number of nitrogens with zero attached hydrogens (tertiary/aromatic N) is 2. The molecule has 0 unspecified atom stereocenters. The van der Waals surface area contributed by atoms with Gasteiger partial charge in [0.1, 0.15) is 11.6 Å². The second kappa shape index (κ2) is 5.27. The number of nitrogens with one attached hydrogen (secondary N) is 1. The third-order valence-corrected chi connectivity index (χ3v) is 1.59. The van der Waals surface area contributed by atoms with Gasteiger partial charge in [0.15, 0.2) is 0 Å². The van der Waals surface area contributed by atoms with Crippen LogP contribution in [0.2, 0.25) is 5.02 Å². The van der Waals surface area contributed by atoms with Crippen LogP contribution in [0.15, 0.2) is 6.20 Å². The number of nitrogens with two attached hydrogens (primary N) is 1. The van der Waals surface area contributed by atoms with Gasteiger partial charge in [-0.2, -0.15) is 4.98 Å². The predicted molar refractivity (Wildman–Crippen MR) is 53.8 cm³/mol. The summed E-state index contributed by atoms with van der Waals surface area (Å²) in [5.41, 5.74) is 2.28. The normalized spacial score (nSPS) is 9.21. The Morgan fingerprint density at radius 3 is 3.14 bits per heavy atom. The maximum Gasteiger partial charge on any atom is 0.240 e. The standard InChI is InChI=1S/C8H9ClN4O/c1-2-3-4-14-7-6(9)5-11-8(12-7)13-10/h1,5H,3-4,10H2,(H,11,12,13). The molecule has 0 saturated heterocycles. The highest BCUT2D eigenvalue weighted by molar-refractivity contribution is 6.31. The van der Waals surface area contributed by atoms with E-state index in [1.807, 2.05) is 0 Å². The third kappa shape index (κ3) is 2.76. The molecular formula is C8H9ClN4O. The minimum absolute atomic E-state index is 0.241. The first-order valence-corrected chi connectivity index (χ1v) is 4.21. The number of hydrogen-bond donors (Lipinski definition) is 2. The van der Waals surface area contributed by atoms with Gasteiger partial charge in [-0.3, -0.25) is 5.43 Å². The molecule has 74 valence electrons. The summed E-state index contributed by atoms with van der Waals surface area (Å²) in [5.74, 6) is 8.06. The molecule has 0 aromatic carbocycles. The number of rotatable bonds is 4. The molecule has 1 rings (SSSR count). The summed E-state index contributed by atoms with van der Waals surface area (Å²) in [6.45, 7) is 0.358. The summed E-state index contributed by atoms with van der Waals surface area (Å²) in [7, 11) is 0. The number of hydrogen-bond acceptors (Lipinski definition) is 5. The van der Waals surface area contributed by atoms with Gasteiger partial charge in [0.2, 0.25) is 11.8 Å². The molecule has 0 aliphatic heterocycles. The maximum atomic E-state index is 5.76. The average molecular weight is 213 g/mol. The number of aromatic nitrogens is 2. The first-order valence-electron chi connectivity index (χ1n) is 3.83. The summed E-state index contributed by atoms with van der Waals surface area (Å²) < 4.78 is 5.20. The quantitative estimate of drug-likeness (QED) is 0.335. The fourth-order valence-electron chi connectivity index (χ4n) is 0.729. The van der Waals surface area contributed by atoms with E-state index in [1.165, 1.54) is 6.20 Å². The molecule has 3 N–H and O–H groups in total. The van der Waals surface area contributed by atoms with E-state index < -0.39 is 0 Å². The van der Waals surface area contributed by atoms with Crippen LogP contribution in [0.25, 0.3) is 0 Å². The molecule has 0 amide bonds. The van der Waals surface area contributed by atoms with Crippen LogP contribution in [0, 0.1) is 12.3 Å². The topological polar surface area (TPSA) is 73.1 Å². The zero-order chi connectivity index (χ0) is 10.4. The number of terminal acetylenes is 1. The molecule has 1 heterocycles. The van der Waals surface area contributed by atoms with E-state index in [4.69, 9.17) is 28.6 Å². The summed E-state index contributed by atoms with van der Waals surface area (Å²) >= 11 is 5.76. The van der Waals surface area contributed by atoms with Crippen molar-refractivity contribution in [2.24, 2.45) is 5.84 Å². The highest BCUT2D eigenvalue weighted by Gasteiger charge is 2.05. The van der Waals surface area contributed by atoms with E-state index in [9.17, 15) is 0 Å². The molecule has 0 radical (unpaired) electrons. The van der Waals surface area contributed by atoms with Crippen molar-refractivity contribution in [2.45, 2.75) is 6.42 Å². The maximum absolute atomic E-state index is 5.76. The summed E-state index contributed by atoms with van der Waals surface area (Å²) in [6.07, 6.45) is 6.95. The molecule has 1 aromatic rings. The van der Waals surface area contributed by atoms with Gasteiger partial charge in [0, 0.05) is 6.42 Å². The Labute approximate surface area is 86.6 Å². The van der Waals surface area contributed by atoms with Crippen LogP contribution in [0.3, 0.4) is 0 Å². The van der Waals surface area contributed by atoms with Gasteiger partial charge in [0.05, 0.1) is 6.20 Å². The first kappa shape index (κ1) is 10.6. The van der Waals surface area contributed by atoms with Crippen LogP contribution in [0.5, 0.6) is 5.88 Å². The Hall–Kier alpha value is -1.51. The Morgan fingerprint density at radius 2 is 2.50 bits per heavy atom. The SMILES string of the molecule is C#CCCOc1nc(NN)ncc1Cl. The van der Waals surface area contributed by atoms with Crippen molar-refractivity contribution < 1.29 is 4.74 Å². The number of anilines is 1. The highest BCUT2D eigenvalue weighted by Crippen LogP contribution is 2.21. The lowest BCUT2D eigenvalue weighted by molar-refractivity contribution is 0.314. The molecule has 0 aliphatic carbocycles. The molecule has 0 atom stereocenters. The average Bonchev–Trinajstić information content (AvgIpc) is 2.21. The van der Waals surface area contributed by atoms with Crippen molar-refractivity contribution in [1.29, 1.82) is 0 Å². The number of nitrogen functional groups attached to an aromatic ring is 1. The lowest BCUT2D eigenvalue weighted by atomic mass is 10.5. The summed E-state index contributed by atoms with van der Waals surface area (Å²) in [6, 6.07) is 0. The lowest BCUT2D eigenvalue weighted by Gasteiger charge is -2.05. The van der Waals surface area contributed by atoms with E-state index >= 15 is 0 Å².